The lowest BCUT2D eigenvalue weighted by Gasteiger charge is -2.47. The highest BCUT2D eigenvalue weighted by Crippen LogP contribution is 2.39. The number of hydrogen-bond acceptors (Lipinski definition) is 16. The lowest BCUT2D eigenvalue weighted by molar-refractivity contribution is -0.410. The zero-order chi connectivity index (χ0) is 40.1. The van der Waals surface area contributed by atoms with E-state index in [-0.39, 0.29) is 57.2 Å². The Morgan fingerprint density at radius 1 is 1.13 bits per heavy atom. The van der Waals surface area contributed by atoms with Gasteiger partial charge in [0.15, 0.2) is 18.4 Å². The molecule has 19 nitrogen and oxygen atoms in total. The van der Waals surface area contributed by atoms with Crippen LogP contribution in [0.3, 0.4) is 0 Å². The lowest BCUT2D eigenvalue weighted by atomic mass is 9.79. The summed E-state index contributed by atoms with van der Waals surface area (Å²) in [6.07, 6.45) is 2.42. The molecule has 4 rings (SSSR count). The topological polar surface area (TPSA) is 288 Å². The highest BCUT2D eigenvalue weighted by molar-refractivity contribution is 5.89. The van der Waals surface area contributed by atoms with Crippen LogP contribution >= 0.6 is 0 Å². The molecular formula is C36H59N5O14. The van der Waals surface area contributed by atoms with Crippen molar-refractivity contribution in [3.63, 3.8) is 0 Å². The Morgan fingerprint density at radius 2 is 1.87 bits per heavy atom. The average Bonchev–Trinajstić information content (AvgIpc) is 3.16. The number of carbonyl (C=O) groups is 2. The molecule has 10 unspecified atom stereocenters. The number of hydrogen-bond donors (Lipinski definition) is 10. The number of carboxylic acid groups (broad SMARTS) is 1. The van der Waals surface area contributed by atoms with Crippen LogP contribution in [0.1, 0.15) is 38.5 Å². The van der Waals surface area contributed by atoms with Gasteiger partial charge in [-0.3, -0.25) is 20.0 Å². The highest BCUT2D eigenvalue weighted by atomic mass is 16.8. The largest absolute Gasteiger partial charge is 0.481 e. The number of aliphatic carboxylic acids is 1. The summed E-state index contributed by atoms with van der Waals surface area (Å²) >= 11 is 0. The third-order valence-electron chi connectivity index (χ3n) is 10.4. The molecule has 10 atom stereocenters. The van der Waals surface area contributed by atoms with E-state index in [0.29, 0.717) is 25.8 Å². The number of allylic oxidation sites excluding steroid dienone is 1. The van der Waals surface area contributed by atoms with Crippen LogP contribution in [0.15, 0.2) is 41.6 Å². The van der Waals surface area contributed by atoms with Gasteiger partial charge in [0, 0.05) is 44.6 Å². The standard InChI is InChI=1S/C36H59N5O14/c1-3-23-24(11-10-21-16-41(13-15-43)17-25(31(46)47)28(21)40-35(37)39-12-7-14-42)26(32(48)53-22-8-5-4-6-9-22)19-51-33(23)55-34-30(52-20-38-2)36(49,50)29(45)27(18-44)54-34/h3,10-11,19,21-25,27-30,33-34,38,42-45,49-50H,1,4-9,12-18,20H2,2H3,(H,46,47)(H3,37,39,40). The first kappa shape index (κ1) is 44.5. The number of guanidine groups is 1. The van der Waals surface area contributed by atoms with Gasteiger partial charge in [0.05, 0.1) is 49.7 Å². The normalized spacial score (nSPS) is 33.4. The first-order valence-corrected chi connectivity index (χ1v) is 18.8. The predicted octanol–water partition coefficient (Wildman–Crippen LogP) is -2.30. The van der Waals surface area contributed by atoms with E-state index >= 15 is 0 Å². The van der Waals surface area contributed by atoms with Gasteiger partial charge in [0.25, 0.3) is 0 Å². The molecule has 1 aliphatic carbocycles. The zero-order valence-electron chi connectivity index (χ0n) is 31.2. The van der Waals surface area contributed by atoms with E-state index in [1.807, 2.05) is 4.90 Å². The number of likely N-dealkylation sites (tertiary alicyclic amines) is 1. The van der Waals surface area contributed by atoms with E-state index < -0.39 is 84.9 Å². The number of nitrogens with zero attached hydrogens (tertiary/aromatic N) is 2. The summed E-state index contributed by atoms with van der Waals surface area (Å²) in [5, 5.41) is 77.2. The minimum atomic E-state index is -2.93. The number of ether oxygens (including phenoxy) is 5. The number of piperidine rings is 1. The van der Waals surface area contributed by atoms with Crippen LogP contribution < -0.4 is 16.4 Å². The first-order chi connectivity index (χ1) is 26.4. The molecular weight excluding hydrogens is 726 g/mol. The number of β-amino-alcohol motifs (C(OH)–C–C–N with tert-alkyl or cyclic N) is 1. The number of nitrogens with two attached hydrogens (primary N) is 1. The minimum absolute atomic E-state index is 0.00322. The molecule has 11 N–H and O–H groups in total. The van der Waals surface area contributed by atoms with Crippen LogP contribution in [0.4, 0.5) is 0 Å². The van der Waals surface area contributed by atoms with Crippen molar-refractivity contribution in [2.24, 2.45) is 34.4 Å². The van der Waals surface area contributed by atoms with Crippen molar-refractivity contribution in [3.8, 4) is 0 Å². The van der Waals surface area contributed by atoms with Crippen LogP contribution in [0.25, 0.3) is 0 Å². The van der Waals surface area contributed by atoms with Gasteiger partial charge >= 0.3 is 11.9 Å². The molecule has 3 heterocycles. The highest BCUT2D eigenvalue weighted by Gasteiger charge is 2.57. The van der Waals surface area contributed by atoms with E-state index in [0.717, 1.165) is 19.3 Å². The summed E-state index contributed by atoms with van der Waals surface area (Å²) in [7, 11) is 1.54. The zero-order valence-corrected chi connectivity index (χ0v) is 31.2. The van der Waals surface area contributed by atoms with Crippen molar-refractivity contribution in [2.45, 2.75) is 87.3 Å². The molecule has 0 amide bonds. The Balaban J connectivity index is 1.71. The molecule has 1 saturated carbocycles. The van der Waals surface area contributed by atoms with Gasteiger partial charge in [-0.25, -0.2) is 4.79 Å². The van der Waals surface area contributed by atoms with Gasteiger partial charge in [-0.05, 0) is 39.2 Å². The maximum Gasteiger partial charge on any atom is 0.338 e. The van der Waals surface area contributed by atoms with Gasteiger partial charge < -0.3 is 70.5 Å². The van der Waals surface area contributed by atoms with E-state index in [1.54, 1.807) is 19.2 Å². The Bertz CT molecular complexity index is 1340. The van der Waals surface area contributed by atoms with Crippen molar-refractivity contribution >= 4 is 17.9 Å². The molecule has 0 spiro atoms. The summed E-state index contributed by atoms with van der Waals surface area (Å²) in [5.74, 6) is -7.94. The fraction of sp³-hybridized carbons (Fsp3) is 0.750. The number of carboxylic acids is 1. The molecule has 0 aromatic heterocycles. The lowest BCUT2D eigenvalue weighted by Crippen LogP contribution is -2.69. The van der Waals surface area contributed by atoms with Crippen molar-refractivity contribution in [1.29, 1.82) is 0 Å². The molecule has 4 aliphatic rings. The quantitative estimate of drug-likeness (QED) is 0.0175. The van der Waals surface area contributed by atoms with Crippen LogP contribution in [-0.4, -0.2) is 167 Å². The second-order valence-corrected chi connectivity index (χ2v) is 14.2. The van der Waals surface area contributed by atoms with Crippen molar-refractivity contribution in [2.75, 3.05) is 59.8 Å². The van der Waals surface area contributed by atoms with Crippen LogP contribution in [0, 0.1) is 23.7 Å². The summed E-state index contributed by atoms with van der Waals surface area (Å²) < 4.78 is 29.4. The maximum absolute atomic E-state index is 13.8. The molecule has 0 aromatic rings. The first-order valence-electron chi connectivity index (χ1n) is 18.8. The molecule has 2 saturated heterocycles. The predicted molar refractivity (Wildman–Crippen MR) is 194 cm³/mol. The van der Waals surface area contributed by atoms with Gasteiger partial charge in [-0.15, -0.1) is 6.58 Å². The van der Waals surface area contributed by atoms with Crippen molar-refractivity contribution in [1.82, 2.24) is 15.5 Å². The molecule has 3 fully saturated rings. The average molecular weight is 786 g/mol. The van der Waals surface area contributed by atoms with E-state index in [4.69, 9.17) is 29.4 Å². The Kier molecular flexibility index (Phi) is 17.3. The maximum atomic E-state index is 13.8. The Labute approximate surface area is 320 Å². The summed E-state index contributed by atoms with van der Waals surface area (Å²) in [6, 6.07) is -0.776. The smallest absolute Gasteiger partial charge is 0.338 e. The molecule has 0 aromatic carbocycles. The summed E-state index contributed by atoms with van der Waals surface area (Å²) in [4.78, 5) is 32.5. The number of esters is 1. The number of aliphatic hydroxyl groups is 6. The molecule has 55 heavy (non-hydrogen) atoms. The van der Waals surface area contributed by atoms with Crippen LogP contribution in [0.2, 0.25) is 0 Å². The number of rotatable bonds is 18. The number of aliphatic hydroxyl groups excluding tert-OH is 4. The number of carbonyl (C=O) groups excluding carboxylic acids is 1. The fourth-order valence-electron chi connectivity index (χ4n) is 7.47. The molecule has 0 radical (unpaired) electrons. The second-order valence-electron chi connectivity index (χ2n) is 14.2. The van der Waals surface area contributed by atoms with Gasteiger partial charge in [-0.2, -0.15) is 0 Å². The molecule has 3 aliphatic heterocycles. The van der Waals surface area contributed by atoms with E-state index in [2.05, 4.69) is 22.2 Å². The SMILES string of the molecule is C=CC1C(OC2OC(CO)C(O)C(O)(O)C2OCNC)OC=C(C(=O)OC2CCCCC2)C1C=CC1CN(CCO)CC(C(=O)O)C1NC(N)=NCCCO. The third-order valence-corrected chi connectivity index (χ3v) is 10.4. The monoisotopic (exact) mass is 785 g/mol. The van der Waals surface area contributed by atoms with E-state index in [9.17, 15) is 45.3 Å². The molecule has 0 bridgehead atoms. The van der Waals surface area contributed by atoms with E-state index in [1.165, 1.54) is 12.3 Å². The summed E-state index contributed by atoms with van der Waals surface area (Å²) in [5.41, 5.74) is 6.29. The Hall–Kier alpha value is -3.21. The fourth-order valence-corrected chi connectivity index (χ4v) is 7.47. The molecule has 312 valence electrons. The summed E-state index contributed by atoms with van der Waals surface area (Å²) in [6.45, 7) is 3.52. The van der Waals surface area contributed by atoms with Crippen molar-refractivity contribution < 1.29 is 69.0 Å². The number of aliphatic imine (C=N–C) groups is 1. The third kappa shape index (κ3) is 11.4. The number of nitrogens with one attached hydrogen (secondary N) is 2. The second kappa shape index (κ2) is 21.4. The minimum Gasteiger partial charge on any atom is -0.481 e. The van der Waals surface area contributed by atoms with Gasteiger partial charge in [-0.1, -0.05) is 24.6 Å². The van der Waals surface area contributed by atoms with Crippen LogP contribution in [-0.2, 0) is 33.3 Å². The Morgan fingerprint density at radius 3 is 2.51 bits per heavy atom. The van der Waals surface area contributed by atoms with Crippen molar-refractivity contribution in [3.05, 3.63) is 36.6 Å². The van der Waals surface area contributed by atoms with Crippen LogP contribution in [0.5, 0.6) is 0 Å². The van der Waals surface area contributed by atoms with Gasteiger partial charge in [0.1, 0.15) is 18.3 Å². The van der Waals surface area contributed by atoms with Gasteiger partial charge in [0.2, 0.25) is 12.1 Å². The molecule has 19 heteroatoms.